The number of carboxylic acid groups (broad SMARTS) is 2. The third-order valence-corrected chi connectivity index (χ3v) is 2.93. The van der Waals surface area contributed by atoms with Crippen molar-refractivity contribution >= 4 is 11.9 Å². The molecule has 1 unspecified atom stereocenters. The monoisotopic (exact) mass is 244 g/mol. The van der Waals surface area contributed by atoms with Crippen molar-refractivity contribution in [1.82, 2.24) is 0 Å². The minimum atomic E-state index is -0.717. The average molecular weight is 244 g/mol. The third kappa shape index (κ3) is 12.9. The van der Waals surface area contributed by atoms with Gasteiger partial charge in [-0.3, -0.25) is 9.59 Å². The highest BCUT2D eigenvalue weighted by Gasteiger charge is 2.04. The van der Waals surface area contributed by atoms with Crippen LogP contribution in [0.5, 0.6) is 0 Å². The summed E-state index contributed by atoms with van der Waals surface area (Å²) in [4.78, 5) is 20.6. The molecule has 17 heavy (non-hydrogen) atoms. The minimum Gasteiger partial charge on any atom is -0.481 e. The maximum absolute atomic E-state index is 10.3. The van der Waals surface area contributed by atoms with Crippen LogP contribution in [-0.4, -0.2) is 22.2 Å². The fourth-order valence-electron chi connectivity index (χ4n) is 1.87. The molecule has 2 N–H and O–H groups in total. The molecule has 4 heteroatoms. The van der Waals surface area contributed by atoms with Gasteiger partial charge < -0.3 is 10.2 Å². The molecule has 0 aliphatic heterocycles. The van der Waals surface area contributed by atoms with Crippen LogP contribution in [0.15, 0.2) is 0 Å². The molecular weight excluding hydrogens is 220 g/mol. The summed E-state index contributed by atoms with van der Waals surface area (Å²) in [7, 11) is 0. The van der Waals surface area contributed by atoms with E-state index in [1.807, 2.05) is 0 Å². The van der Waals surface area contributed by atoms with Gasteiger partial charge in [-0.2, -0.15) is 0 Å². The molecule has 100 valence electrons. The standard InChI is InChI=1S/C13H24O4/c1-11(8-6-10-13(16)17)7-4-2-3-5-9-12(14)15/h11H,2-10H2,1H3,(H,14,15)(H,16,17). The number of hydrogen-bond donors (Lipinski definition) is 2. The van der Waals surface area contributed by atoms with Crippen molar-refractivity contribution in [2.45, 2.75) is 64.7 Å². The van der Waals surface area contributed by atoms with Crippen molar-refractivity contribution in [2.75, 3.05) is 0 Å². The fourth-order valence-corrected chi connectivity index (χ4v) is 1.87. The van der Waals surface area contributed by atoms with Gasteiger partial charge in [0.2, 0.25) is 0 Å². The molecule has 0 saturated heterocycles. The molecule has 0 aliphatic rings. The van der Waals surface area contributed by atoms with E-state index in [-0.39, 0.29) is 12.8 Å². The van der Waals surface area contributed by atoms with E-state index >= 15 is 0 Å². The summed E-state index contributed by atoms with van der Waals surface area (Å²) in [5.74, 6) is -0.855. The Morgan fingerprint density at radius 1 is 0.824 bits per heavy atom. The van der Waals surface area contributed by atoms with E-state index in [0.717, 1.165) is 44.9 Å². The van der Waals surface area contributed by atoms with E-state index in [2.05, 4.69) is 6.92 Å². The molecule has 0 rings (SSSR count). The van der Waals surface area contributed by atoms with E-state index in [1.54, 1.807) is 0 Å². The second-order valence-corrected chi connectivity index (χ2v) is 4.74. The number of carbonyl (C=O) groups is 2. The number of rotatable bonds is 11. The predicted molar refractivity (Wildman–Crippen MR) is 66.0 cm³/mol. The normalized spacial score (nSPS) is 12.3. The van der Waals surface area contributed by atoms with Gasteiger partial charge in [-0.25, -0.2) is 0 Å². The van der Waals surface area contributed by atoms with Crippen molar-refractivity contribution in [3.05, 3.63) is 0 Å². The quantitative estimate of drug-likeness (QED) is 0.547. The van der Waals surface area contributed by atoms with E-state index in [0.29, 0.717) is 5.92 Å². The summed E-state index contributed by atoms with van der Waals surface area (Å²) in [6.07, 6.45) is 7.34. The van der Waals surface area contributed by atoms with Crippen LogP contribution in [0, 0.1) is 5.92 Å². The lowest BCUT2D eigenvalue weighted by atomic mass is 9.97. The Labute approximate surface area is 103 Å². The molecular formula is C13H24O4. The molecule has 0 amide bonds. The summed E-state index contributed by atoms with van der Waals surface area (Å²) < 4.78 is 0. The molecule has 0 bridgehead atoms. The van der Waals surface area contributed by atoms with Crippen LogP contribution in [-0.2, 0) is 9.59 Å². The van der Waals surface area contributed by atoms with Crippen molar-refractivity contribution in [3.8, 4) is 0 Å². The lowest BCUT2D eigenvalue weighted by Gasteiger charge is -2.09. The summed E-state index contributed by atoms with van der Waals surface area (Å²) in [5.41, 5.74) is 0. The first-order valence-corrected chi connectivity index (χ1v) is 6.46. The van der Waals surface area contributed by atoms with Gasteiger partial charge in [0.05, 0.1) is 0 Å². The van der Waals surface area contributed by atoms with Gasteiger partial charge in [0.1, 0.15) is 0 Å². The first-order chi connectivity index (χ1) is 8.02. The molecule has 0 spiro atoms. The van der Waals surface area contributed by atoms with Crippen LogP contribution in [0.1, 0.15) is 64.7 Å². The van der Waals surface area contributed by atoms with Crippen LogP contribution < -0.4 is 0 Å². The summed E-state index contributed by atoms with van der Waals surface area (Å²) >= 11 is 0. The number of carboxylic acids is 2. The first-order valence-electron chi connectivity index (χ1n) is 6.46. The molecule has 0 aromatic rings. The van der Waals surface area contributed by atoms with Crippen LogP contribution in [0.4, 0.5) is 0 Å². The maximum Gasteiger partial charge on any atom is 0.303 e. The molecule has 0 saturated carbocycles. The summed E-state index contributed by atoms with van der Waals surface area (Å²) in [5, 5.41) is 16.9. The Morgan fingerprint density at radius 3 is 1.88 bits per heavy atom. The Balaban J connectivity index is 3.24. The highest BCUT2D eigenvalue weighted by atomic mass is 16.4. The van der Waals surface area contributed by atoms with Crippen LogP contribution in [0.2, 0.25) is 0 Å². The minimum absolute atomic E-state index is 0.267. The molecule has 0 aliphatic carbocycles. The van der Waals surface area contributed by atoms with Gasteiger partial charge in [-0.15, -0.1) is 0 Å². The Bertz CT molecular complexity index is 225. The molecule has 0 heterocycles. The molecule has 0 aromatic carbocycles. The molecule has 1 atom stereocenters. The second-order valence-electron chi connectivity index (χ2n) is 4.74. The number of hydrogen-bond acceptors (Lipinski definition) is 2. The highest BCUT2D eigenvalue weighted by molar-refractivity contribution is 5.66. The van der Waals surface area contributed by atoms with E-state index in [1.165, 1.54) is 0 Å². The van der Waals surface area contributed by atoms with Crippen LogP contribution in [0.25, 0.3) is 0 Å². The highest BCUT2D eigenvalue weighted by Crippen LogP contribution is 2.16. The zero-order chi connectivity index (χ0) is 13.1. The van der Waals surface area contributed by atoms with E-state index in [9.17, 15) is 9.59 Å². The van der Waals surface area contributed by atoms with E-state index < -0.39 is 11.9 Å². The average Bonchev–Trinajstić information content (AvgIpc) is 2.22. The van der Waals surface area contributed by atoms with Crippen LogP contribution >= 0.6 is 0 Å². The number of unbranched alkanes of at least 4 members (excludes halogenated alkanes) is 3. The van der Waals surface area contributed by atoms with Gasteiger partial charge in [-0.1, -0.05) is 39.0 Å². The molecule has 4 nitrogen and oxygen atoms in total. The van der Waals surface area contributed by atoms with Crippen molar-refractivity contribution in [2.24, 2.45) is 5.92 Å². The largest absolute Gasteiger partial charge is 0.481 e. The Morgan fingerprint density at radius 2 is 1.29 bits per heavy atom. The van der Waals surface area contributed by atoms with Gasteiger partial charge >= 0.3 is 11.9 Å². The molecule has 0 radical (unpaired) electrons. The fraction of sp³-hybridized carbons (Fsp3) is 0.846. The van der Waals surface area contributed by atoms with Crippen molar-refractivity contribution < 1.29 is 19.8 Å². The summed E-state index contributed by atoms with van der Waals surface area (Å²) in [6.45, 7) is 2.15. The van der Waals surface area contributed by atoms with Crippen molar-refractivity contribution in [3.63, 3.8) is 0 Å². The smallest absolute Gasteiger partial charge is 0.303 e. The SMILES string of the molecule is CC(CCCCCCC(=O)O)CCCC(=O)O. The van der Waals surface area contributed by atoms with Crippen LogP contribution in [0.3, 0.4) is 0 Å². The van der Waals surface area contributed by atoms with Gasteiger partial charge in [0.15, 0.2) is 0 Å². The summed E-state index contributed by atoms with van der Waals surface area (Å²) in [6, 6.07) is 0. The zero-order valence-corrected chi connectivity index (χ0v) is 10.7. The predicted octanol–water partition coefficient (Wildman–Crippen LogP) is 3.30. The van der Waals surface area contributed by atoms with E-state index in [4.69, 9.17) is 10.2 Å². The Hall–Kier alpha value is -1.06. The second kappa shape index (κ2) is 10.1. The van der Waals surface area contributed by atoms with Gasteiger partial charge in [0.25, 0.3) is 0 Å². The molecule has 0 fully saturated rings. The number of aliphatic carboxylic acids is 2. The third-order valence-electron chi connectivity index (χ3n) is 2.93. The zero-order valence-electron chi connectivity index (χ0n) is 10.7. The topological polar surface area (TPSA) is 74.6 Å². The lowest BCUT2D eigenvalue weighted by molar-refractivity contribution is -0.138. The molecule has 0 aromatic heterocycles. The Kier molecular flexibility index (Phi) is 9.49. The van der Waals surface area contributed by atoms with Crippen molar-refractivity contribution in [1.29, 1.82) is 0 Å². The lowest BCUT2D eigenvalue weighted by Crippen LogP contribution is -1.99. The van der Waals surface area contributed by atoms with Gasteiger partial charge in [-0.05, 0) is 18.8 Å². The van der Waals surface area contributed by atoms with Gasteiger partial charge in [0, 0.05) is 12.8 Å². The first kappa shape index (κ1) is 15.9. The maximum atomic E-state index is 10.3.